The van der Waals surface area contributed by atoms with Crippen LogP contribution < -0.4 is 14.2 Å². The van der Waals surface area contributed by atoms with Crippen molar-refractivity contribution in [2.45, 2.75) is 0 Å². The van der Waals surface area contributed by atoms with Gasteiger partial charge in [0.2, 0.25) is 5.78 Å². The summed E-state index contributed by atoms with van der Waals surface area (Å²) in [5, 5.41) is 10.2. The average molecular weight is 344 g/mol. The van der Waals surface area contributed by atoms with Gasteiger partial charge in [-0.3, -0.25) is 4.79 Å². The van der Waals surface area contributed by atoms with E-state index in [9.17, 15) is 9.90 Å². The number of hydrogen-bond donors (Lipinski definition) is 1. The summed E-state index contributed by atoms with van der Waals surface area (Å²) in [6.45, 7) is 0. The van der Waals surface area contributed by atoms with Crippen molar-refractivity contribution in [1.29, 1.82) is 0 Å². The third-order valence-corrected chi connectivity index (χ3v) is 3.59. The zero-order chi connectivity index (χ0) is 18.4. The number of benzene rings is 2. The van der Waals surface area contributed by atoms with E-state index in [-0.39, 0.29) is 22.8 Å². The molecule has 6 heteroatoms. The van der Waals surface area contributed by atoms with Crippen LogP contribution in [0.4, 0.5) is 0 Å². The fourth-order valence-corrected chi connectivity index (χ4v) is 2.28. The number of ether oxygens (including phenoxy) is 4. The molecule has 0 saturated carbocycles. The van der Waals surface area contributed by atoms with Gasteiger partial charge in [-0.1, -0.05) is 12.1 Å². The number of ketones is 1. The summed E-state index contributed by atoms with van der Waals surface area (Å²) in [5.74, 6) is 0.582. The summed E-state index contributed by atoms with van der Waals surface area (Å²) in [6.07, 6.45) is 1.57. The molecule has 0 radical (unpaired) electrons. The number of carbonyl (C=O) groups is 1. The summed E-state index contributed by atoms with van der Waals surface area (Å²) >= 11 is 0. The van der Waals surface area contributed by atoms with Crippen molar-refractivity contribution >= 4 is 11.9 Å². The molecule has 0 aliphatic heterocycles. The standard InChI is InChI=1S/C19H20O6/c1-22-13-7-5-12(6-8-13)9-17(25-4)19(21)18-15(20)10-14(23-2)11-16(18)24-3/h5-11,20H,1-4H3/b17-9-. The highest BCUT2D eigenvalue weighted by Crippen LogP contribution is 2.35. The van der Waals surface area contributed by atoms with E-state index in [0.29, 0.717) is 11.5 Å². The first-order valence-corrected chi connectivity index (χ1v) is 7.43. The first-order chi connectivity index (χ1) is 12.0. The topological polar surface area (TPSA) is 74.2 Å². The molecule has 132 valence electrons. The van der Waals surface area contributed by atoms with Gasteiger partial charge in [0.15, 0.2) is 5.76 Å². The Labute approximate surface area is 146 Å². The molecule has 2 rings (SSSR count). The van der Waals surface area contributed by atoms with Gasteiger partial charge in [0.1, 0.15) is 28.6 Å². The van der Waals surface area contributed by atoms with Gasteiger partial charge in [0, 0.05) is 12.1 Å². The molecule has 0 unspecified atom stereocenters. The van der Waals surface area contributed by atoms with E-state index in [1.807, 2.05) is 0 Å². The molecule has 1 N–H and O–H groups in total. The number of rotatable bonds is 7. The van der Waals surface area contributed by atoms with E-state index in [1.54, 1.807) is 37.5 Å². The van der Waals surface area contributed by atoms with Crippen LogP contribution in [-0.2, 0) is 4.74 Å². The fourth-order valence-electron chi connectivity index (χ4n) is 2.28. The summed E-state index contributed by atoms with van der Waals surface area (Å²) < 4.78 is 20.6. The molecule has 0 aromatic heterocycles. The number of carbonyl (C=O) groups excluding carboxylic acids is 1. The maximum atomic E-state index is 12.8. The van der Waals surface area contributed by atoms with Gasteiger partial charge in [-0.2, -0.15) is 0 Å². The van der Waals surface area contributed by atoms with Gasteiger partial charge in [-0.05, 0) is 23.8 Å². The van der Waals surface area contributed by atoms with Gasteiger partial charge in [0.05, 0.1) is 28.4 Å². The summed E-state index contributed by atoms with van der Waals surface area (Å²) in [7, 11) is 5.83. The quantitative estimate of drug-likeness (QED) is 0.472. The average Bonchev–Trinajstić information content (AvgIpc) is 2.65. The molecule has 0 spiro atoms. The van der Waals surface area contributed by atoms with Crippen LogP contribution in [0.2, 0.25) is 0 Å². The molecule has 0 atom stereocenters. The second-order valence-corrected chi connectivity index (χ2v) is 5.04. The Balaban J connectivity index is 2.44. The van der Waals surface area contributed by atoms with Crippen LogP contribution >= 0.6 is 0 Å². The number of hydrogen-bond acceptors (Lipinski definition) is 6. The Morgan fingerprint density at radius 2 is 1.56 bits per heavy atom. The van der Waals surface area contributed by atoms with Crippen molar-refractivity contribution in [3.05, 3.63) is 53.3 Å². The molecule has 6 nitrogen and oxygen atoms in total. The Hall–Kier alpha value is -3.15. The summed E-state index contributed by atoms with van der Waals surface area (Å²) in [6, 6.07) is 9.99. The van der Waals surface area contributed by atoms with Gasteiger partial charge in [0.25, 0.3) is 0 Å². The lowest BCUT2D eigenvalue weighted by atomic mass is 10.0. The van der Waals surface area contributed by atoms with E-state index in [4.69, 9.17) is 18.9 Å². The number of methoxy groups -OCH3 is 4. The van der Waals surface area contributed by atoms with E-state index < -0.39 is 5.78 Å². The predicted octanol–water partition coefficient (Wildman–Crippen LogP) is 3.29. The zero-order valence-electron chi connectivity index (χ0n) is 14.5. The van der Waals surface area contributed by atoms with Crippen LogP contribution in [0.15, 0.2) is 42.2 Å². The Morgan fingerprint density at radius 1 is 0.920 bits per heavy atom. The molecule has 0 amide bonds. The van der Waals surface area contributed by atoms with Crippen LogP contribution in [0.25, 0.3) is 6.08 Å². The van der Waals surface area contributed by atoms with Crippen molar-refractivity contribution in [2.24, 2.45) is 0 Å². The molecule has 0 aliphatic rings. The zero-order valence-corrected chi connectivity index (χ0v) is 14.5. The molecular weight excluding hydrogens is 324 g/mol. The van der Waals surface area contributed by atoms with Crippen molar-refractivity contribution in [3.63, 3.8) is 0 Å². The largest absolute Gasteiger partial charge is 0.507 e. The SMILES string of the molecule is CO/C(=C\c1ccc(OC)cc1)C(=O)c1c(O)cc(OC)cc1OC. The van der Waals surface area contributed by atoms with Gasteiger partial charge in [-0.15, -0.1) is 0 Å². The second-order valence-electron chi connectivity index (χ2n) is 5.04. The van der Waals surface area contributed by atoms with E-state index in [0.717, 1.165) is 5.56 Å². The Kier molecular flexibility index (Phi) is 5.89. The normalized spacial score (nSPS) is 11.0. The maximum absolute atomic E-state index is 12.8. The highest BCUT2D eigenvalue weighted by Gasteiger charge is 2.23. The fraction of sp³-hybridized carbons (Fsp3) is 0.211. The molecule has 0 saturated heterocycles. The van der Waals surface area contributed by atoms with Crippen molar-refractivity contribution in [1.82, 2.24) is 0 Å². The molecule has 25 heavy (non-hydrogen) atoms. The second kappa shape index (κ2) is 8.10. The third-order valence-electron chi connectivity index (χ3n) is 3.59. The molecule has 0 aliphatic carbocycles. The number of phenols is 1. The van der Waals surface area contributed by atoms with E-state index in [1.165, 1.54) is 33.5 Å². The molecule has 2 aromatic carbocycles. The monoisotopic (exact) mass is 344 g/mol. The van der Waals surface area contributed by atoms with Crippen molar-refractivity contribution in [2.75, 3.05) is 28.4 Å². The number of aromatic hydroxyl groups is 1. The molecule has 2 aromatic rings. The highest BCUT2D eigenvalue weighted by molar-refractivity contribution is 6.13. The molecular formula is C19H20O6. The highest BCUT2D eigenvalue weighted by atomic mass is 16.5. The van der Waals surface area contributed by atoms with Crippen LogP contribution in [0.3, 0.4) is 0 Å². The minimum Gasteiger partial charge on any atom is -0.507 e. The third kappa shape index (κ3) is 4.03. The van der Waals surface area contributed by atoms with Crippen LogP contribution in [-0.4, -0.2) is 39.3 Å². The number of allylic oxidation sites excluding steroid dienone is 1. The first kappa shape index (κ1) is 18.2. The minimum absolute atomic E-state index is 0.00455. The Bertz CT molecular complexity index is 777. The Morgan fingerprint density at radius 3 is 2.08 bits per heavy atom. The van der Waals surface area contributed by atoms with Crippen molar-refractivity contribution < 1.29 is 28.8 Å². The maximum Gasteiger partial charge on any atom is 0.235 e. The van der Waals surface area contributed by atoms with Crippen LogP contribution in [0.1, 0.15) is 15.9 Å². The lowest BCUT2D eigenvalue weighted by Crippen LogP contribution is -2.08. The molecule has 0 bridgehead atoms. The summed E-state index contributed by atoms with van der Waals surface area (Å²) in [5.41, 5.74) is 0.753. The van der Waals surface area contributed by atoms with Gasteiger partial charge < -0.3 is 24.1 Å². The molecule has 0 fully saturated rings. The predicted molar refractivity (Wildman–Crippen MR) is 93.5 cm³/mol. The van der Waals surface area contributed by atoms with Crippen molar-refractivity contribution in [3.8, 4) is 23.0 Å². The van der Waals surface area contributed by atoms with Crippen LogP contribution in [0.5, 0.6) is 23.0 Å². The smallest absolute Gasteiger partial charge is 0.235 e. The lowest BCUT2D eigenvalue weighted by molar-refractivity contribution is 0.0951. The van der Waals surface area contributed by atoms with Gasteiger partial charge >= 0.3 is 0 Å². The lowest BCUT2D eigenvalue weighted by Gasteiger charge is -2.13. The molecule has 0 heterocycles. The van der Waals surface area contributed by atoms with E-state index in [2.05, 4.69) is 0 Å². The number of Topliss-reactive ketones (excluding diaryl/α,β-unsaturated/α-hetero) is 1. The minimum atomic E-state index is -0.504. The van der Waals surface area contributed by atoms with E-state index >= 15 is 0 Å². The van der Waals surface area contributed by atoms with Gasteiger partial charge in [-0.25, -0.2) is 0 Å². The number of phenolic OH excluding ortho intramolecular Hbond substituents is 1. The first-order valence-electron chi connectivity index (χ1n) is 7.43. The summed E-state index contributed by atoms with van der Waals surface area (Å²) in [4.78, 5) is 12.8. The van der Waals surface area contributed by atoms with Crippen LogP contribution in [0, 0.1) is 0 Å².